The van der Waals surface area contributed by atoms with Gasteiger partial charge in [0, 0.05) is 23.6 Å². The van der Waals surface area contributed by atoms with Gasteiger partial charge in [-0.25, -0.2) is 4.79 Å². The zero-order valence-corrected chi connectivity index (χ0v) is 15.0. The molecule has 0 unspecified atom stereocenters. The SMILES string of the molecule is CN(CCOc1ccccc1)C(=O)NCCc1cc(Cl)cc(Cl)c1. The summed E-state index contributed by atoms with van der Waals surface area (Å²) in [6.45, 7) is 1.46. The van der Waals surface area contributed by atoms with Crippen molar-refractivity contribution in [3.63, 3.8) is 0 Å². The number of nitrogens with zero attached hydrogens (tertiary/aromatic N) is 1. The second kappa shape index (κ2) is 9.40. The number of para-hydroxylation sites is 1. The Hall–Kier alpha value is -1.91. The molecular weight excluding hydrogens is 347 g/mol. The summed E-state index contributed by atoms with van der Waals surface area (Å²) in [5.74, 6) is 0.796. The molecule has 0 aromatic heterocycles. The highest BCUT2D eigenvalue weighted by molar-refractivity contribution is 6.34. The van der Waals surface area contributed by atoms with Gasteiger partial charge in [-0.15, -0.1) is 0 Å². The molecule has 2 amide bonds. The molecule has 4 nitrogen and oxygen atoms in total. The Bertz CT molecular complexity index is 645. The summed E-state index contributed by atoms with van der Waals surface area (Å²) in [7, 11) is 1.74. The van der Waals surface area contributed by atoms with Gasteiger partial charge < -0.3 is 15.0 Å². The van der Waals surface area contributed by atoms with E-state index in [-0.39, 0.29) is 6.03 Å². The van der Waals surface area contributed by atoms with Gasteiger partial charge in [0.25, 0.3) is 0 Å². The summed E-state index contributed by atoms with van der Waals surface area (Å²) in [6, 6.07) is 14.8. The van der Waals surface area contributed by atoms with Crippen LogP contribution < -0.4 is 10.1 Å². The molecular formula is C18H20Cl2N2O2. The van der Waals surface area contributed by atoms with Crippen molar-refractivity contribution in [2.24, 2.45) is 0 Å². The summed E-state index contributed by atoms with van der Waals surface area (Å²) in [5, 5.41) is 4.06. The van der Waals surface area contributed by atoms with Gasteiger partial charge in [0.1, 0.15) is 12.4 Å². The third kappa shape index (κ3) is 6.30. The number of rotatable bonds is 7. The van der Waals surface area contributed by atoms with Gasteiger partial charge in [-0.3, -0.25) is 0 Å². The van der Waals surface area contributed by atoms with Crippen LogP contribution in [-0.4, -0.2) is 37.7 Å². The maximum Gasteiger partial charge on any atom is 0.317 e. The monoisotopic (exact) mass is 366 g/mol. The van der Waals surface area contributed by atoms with Crippen LogP contribution in [0.2, 0.25) is 10.0 Å². The van der Waals surface area contributed by atoms with Crippen LogP contribution in [0.4, 0.5) is 4.79 Å². The topological polar surface area (TPSA) is 41.6 Å². The van der Waals surface area contributed by atoms with Crippen molar-refractivity contribution < 1.29 is 9.53 Å². The first-order valence-corrected chi connectivity index (χ1v) is 8.42. The second-order valence-electron chi connectivity index (χ2n) is 5.34. The molecule has 0 spiro atoms. The molecule has 128 valence electrons. The predicted molar refractivity (Wildman–Crippen MR) is 98.1 cm³/mol. The maximum atomic E-state index is 12.0. The second-order valence-corrected chi connectivity index (χ2v) is 6.22. The Morgan fingerprint density at radius 1 is 1.12 bits per heavy atom. The van der Waals surface area contributed by atoms with Crippen molar-refractivity contribution in [2.75, 3.05) is 26.7 Å². The zero-order valence-electron chi connectivity index (χ0n) is 13.5. The number of amides is 2. The fourth-order valence-electron chi connectivity index (χ4n) is 2.12. The van der Waals surface area contributed by atoms with E-state index in [0.29, 0.717) is 36.2 Å². The average molecular weight is 367 g/mol. The fraction of sp³-hybridized carbons (Fsp3) is 0.278. The van der Waals surface area contributed by atoms with Crippen molar-refractivity contribution in [1.29, 1.82) is 0 Å². The van der Waals surface area contributed by atoms with Crippen LogP contribution in [0.5, 0.6) is 5.75 Å². The lowest BCUT2D eigenvalue weighted by atomic mass is 10.1. The molecule has 1 N–H and O–H groups in total. The Labute approximate surface area is 152 Å². The van der Waals surface area contributed by atoms with Crippen molar-refractivity contribution in [2.45, 2.75) is 6.42 Å². The first-order chi connectivity index (χ1) is 11.5. The largest absolute Gasteiger partial charge is 0.492 e. The van der Waals surface area contributed by atoms with Crippen LogP contribution >= 0.6 is 23.2 Å². The van der Waals surface area contributed by atoms with E-state index in [4.69, 9.17) is 27.9 Å². The minimum absolute atomic E-state index is 0.139. The van der Waals surface area contributed by atoms with Crippen LogP contribution in [0, 0.1) is 0 Å². The summed E-state index contributed by atoms with van der Waals surface area (Å²) >= 11 is 11.9. The van der Waals surface area contributed by atoms with E-state index in [2.05, 4.69) is 5.32 Å². The molecule has 2 aromatic rings. The smallest absolute Gasteiger partial charge is 0.317 e. The Morgan fingerprint density at radius 2 is 1.79 bits per heavy atom. The van der Waals surface area contributed by atoms with Gasteiger partial charge in [0.15, 0.2) is 0 Å². The number of benzene rings is 2. The lowest BCUT2D eigenvalue weighted by Crippen LogP contribution is -2.40. The molecule has 0 fully saturated rings. The number of nitrogens with one attached hydrogen (secondary N) is 1. The lowest BCUT2D eigenvalue weighted by molar-refractivity contribution is 0.195. The first-order valence-electron chi connectivity index (χ1n) is 7.66. The molecule has 0 saturated heterocycles. The molecule has 2 aromatic carbocycles. The highest BCUT2D eigenvalue weighted by Crippen LogP contribution is 2.19. The molecule has 0 radical (unpaired) electrons. The number of hydrogen-bond acceptors (Lipinski definition) is 2. The molecule has 0 heterocycles. The number of likely N-dealkylation sites (N-methyl/N-ethyl adjacent to an activating group) is 1. The number of carbonyl (C=O) groups is 1. The standard InChI is InChI=1S/C18H20Cl2N2O2/c1-22(9-10-24-17-5-3-2-4-6-17)18(23)21-8-7-14-11-15(19)13-16(20)12-14/h2-6,11-13H,7-10H2,1H3,(H,21,23). The van der Waals surface area contributed by atoms with Crippen molar-refractivity contribution in [1.82, 2.24) is 10.2 Å². The quantitative estimate of drug-likeness (QED) is 0.795. The normalized spacial score (nSPS) is 10.3. The number of urea groups is 1. The van der Waals surface area contributed by atoms with Crippen LogP contribution in [-0.2, 0) is 6.42 Å². The van der Waals surface area contributed by atoms with Gasteiger partial charge in [0.2, 0.25) is 0 Å². The summed E-state index contributed by atoms with van der Waals surface area (Å²) in [6.07, 6.45) is 0.667. The molecule has 0 aliphatic heterocycles. The van der Waals surface area contributed by atoms with Crippen molar-refractivity contribution in [3.8, 4) is 5.75 Å². The van der Waals surface area contributed by atoms with Gasteiger partial charge in [-0.1, -0.05) is 41.4 Å². The van der Waals surface area contributed by atoms with E-state index >= 15 is 0 Å². The molecule has 0 saturated carbocycles. The predicted octanol–water partition coefficient (Wildman–Crippen LogP) is 4.26. The Balaban J connectivity index is 1.67. The average Bonchev–Trinajstić information content (AvgIpc) is 2.54. The maximum absolute atomic E-state index is 12.0. The zero-order chi connectivity index (χ0) is 17.4. The van der Waals surface area contributed by atoms with E-state index in [1.807, 2.05) is 42.5 Å². The highest BCUT2D eigenvalue weighted by Gasteiger charge is 2.08. The number of halogens is 2. The van der Waals surface area contributed by atoms with Crippen LogP contribution in [0.1, 0.15) is 5.56 Å². The molecule has 0 atom stereocenters. The van der Waals surface area contributed by atoms with Crippen molar-refractivity contribution in [3.05, 3.63) is 64.1 Å². The van der Waals surface area contributed by atoms with Gasteiger partial charge in [0.05, 0.1) is 6.54 Å². The van der Waals surface area contributed by atoms with E-state index < -0.39 is 0 Å². The van der Waals surface area contributed by atoms with E-state index in [9.17, 15) is 4.79 Å². The lowest BCUT2D eigenvalue weighted by Gasteiger charge is -2.18. The Kier molecular flexibility index (Phi) is 7.22. The van der Waals surface area contributed by atoms with E-state index in [0.717, 1.165) is 11.3 Å². The van der Waals surface area contributed by atoms with Gasteiger partial charge in [-0.05, 0) is 42.3 Å². The number of ether oxygens (including phenoxy) is 1. The molecule has 6 heteroatoms. The third-order valence-corrected chi connectivity index (χ3v) is 3.83. The highest BCUT2D eigenvalue weighted by atomic mass is 35.5. The first kappa shape index (κ1) is 18.4. The molecule has 2 rings (SSSR count). The molecule has 0 bridgehead atoms. The fourth-order valence-corrected chi connectivity index (χ4v) is 2.69. The molecule has 24 heavy (non-hydrogen) atoms. The van der Waals surface area contributed by atoms with Gasteiger partial charge in [-0.2, -0.15) is 0 Å². The summed E-state index contributed by atoms with van der Waals surface area (Å²) < 4.78 is 5.58. The summed E-state index contributed by atoms with van der Waals surface area (Å²) in [4.78, 5) is 13.6. The molecule has 0 aliphatic rings. The van der Waals surface area contributed by atoms with E-state index in [1.165, 1.54) is 0 Å². The van der Waals surface area contributed by atoms with Crippen molar-refractivity contribution >= 4 is 29.2 Å². The van der Waals surface area contributed by atoms with Gasteiger partial charge >= 0.3 is 6.03 Å². The van der Waals surface area contributed by atoms with E-state index in [1.54, 1.807) is 18.0 Å². The number of hydrogen-bond donors (Lipinski definition) is 1. The number of carbonyl (C=O) groups excluding carboxylic acids is 1. The minimum atomic E-state index is -0.139. The van der Waals surface area contributed by atoms with Crippen LogP contribution in [0.25, 0.3) is 0 Å². The Morgan fingerprint density at radius 3 is 2.46 bits per heavy atom. The minimum Gasteiger partial charge on any atom is -0.492 e. The summed E-state index contributed by atoms with van der Waals surface area (Å²) in [5.41, 5.74) is 0.989. The van der Waals surface area contributed by atoms with Crippen LogP contribution in [0.15, 0.2) is 48.5 Å². The van der Waals surface area contributed by atoms with Crippen LogP contribution in [0.3, 0.4) is 0 Å². The molecule has 0 aliphatic carbocycles. The third-order valence-electron chi connectivity index (χ3n) is 3.40.